The molecule has 5 aliphatic carbocycles. The zero-order valence-electron chi connectivity index (χ0n) is 27.7. The maximum atomic E-state index is 14.8. The maximum absolute atomic E-state index is 14.8. The van der Waals surface area contributed by atoms with Crippen LogP contribution >= 0.6 is 0 Å². The van der Waals surface area contributed by atoms with Crippen molar-refractivity contribution in [3.8, 4) is 0 Å². The van der Waals surface area contributed by atoms with Gasteiger partial charge in [-0.3, -0.25) is 0 Å². The highest BCUT2D eigenvalue weighted by atomic mass is 19.4. The zero-order valence-corrected chi connectivity index (χ0v) is 27.7. The van der Waals surface area contributed by atoms with Crippen LogP contribution in [-0.2, 0) is 18.9 Å². The van der Waals surface area contributed by atoms with Gasteiger partial charge in [-0.1, -0.05) is 37.1 Å². The number of hydrogen-bond acceptors (Lipinski definition) is 4. The van der Waals surface area contributed by atoms with Crippen molar-refractivity contribution in [1.82, 2.24) is 0 Å². The van der Waals surface area contributed by atoms with Gasteiger partial charge in [0.15, 0.2) is 0 Å². The molecule has 0 saturated heterocycles. The van der Waals surface area contributed by atoms with Crippen LogP contribution in [0.25, 0.3) is 0 Å². The number of hydrogen-bond donors (Lipinski definition) is 0. The summed E-state index contributed by atoms with van der Waals surface area (Å²) in [6.45, 7) is -7.67. The van der Waals surface area contributed by atoms with Crippen LogP contribution in [0.5, 0.6) is 0 Å². The van der Waals surface area contributed by atoms with Crippen LogP contribution < -0.4 is 0 Å². The van der Waals surface area contributed by atoms with E-state index in [1.54, 1.807) is 0 Å². The first-order chi connectivity index (χ1) is 24.5. The molecule has 0 aliphatic heterocycles. The predicted octanol–water partition coefficient (Wildman–Crippen LogP) is 10.8. The van der Waals surface area contributed by atoms with Crippen LogP contribution in [0, 0.1) is 46.3 Å². The number of fused-ring (bicyclic) bond motifs is 4. The lowest BCUT2D eigenvalue weighted by molar-refractivity contribution is -0.448. The number of allylic oxidation sites excluding steroid dienone is 4. The van der Waals surface area contributed by atoms with E-state index < -0.39 is 160 Å². The lowest BCUT2D eigenvalue weighted by Gasteiger charge is -2.53. The lowest BCUT2D eigenvalue weighted by Crippen LogP contribution is -2.72. The highest BCUT2D eigenvalue weighted by molar-refractivity contribution is 5.19. The van der Waals surface area contributed by atoms with Crippen molar-refractivity contribution >= 4 is 0 Å². The molecule has 0 heterocycles. The monoisotopic (exact) mass is 824 g/mol. The van der Waals surface area contributed by atoms with Gasteiger partial charge in [0.2, 0.25) is 0 Å². The Morgan fingerprint density at radius 2 is 0.778 bits per heavy atom. The minimum atomic E-state index is -6.86. The summed E-state index contributed by atoms with van der Waals surface area (Å²) in [6.07, 6.45) is -38.8. The van der Waals surface area contributed by atoms with Crippen molar-refractivity contribution in [3.05, 3.63) is 24.3 Å². The van der Waals surface area contributed by atoms with Crippen LogP contribution in [0.4, 0.5) is 79.0 Å². The predicted molar refractivity (Wildman–Crippen MR) is 147 cm³/mol. The average molecular weight is 825 g/mol. The standard InChI is InChI=1S/C32H34F18O4/c33-27(34,35)23(11-17-5-7-19(23)9-17)13-51-15-53-25(29(39,40)41,30(42,43)44)21-3-1-2-4-22(21)26(31(45,46)47,32(48,49)50)54-16-52-14-24(28(36,37)38)12-18-6-8-20(24)10-18/h5-8,17-22H,1-4,9-16H2. The molecule has 4 bridgehead atoms. The van der Waals surface area contributed by atoms with E-state index in [0.29, 0.717) is 0 Å². The van der Waals surface area contributed by atoms with Crippen LogP contribution in [0.15, 0.2) is 24.3 Å². The number of halogens is 18. The molecule has 3 saturated carbocycles. The fourth-order valence-electron chi connectivity index (χ4n) is 9.58. The van der Waals surface area contributed by atoms with Crippen LogP contribution in [0.3, 0.4) is 0 Å². The summed E-state index contributed by atoms with van der Waals surface area (Å²) >= 11 is 0. The van der Waals surface area contributed by atoms with Gasteiger partial charge >= 0.3 is 37.1 Å². The van der Waals surface area contributed by atoms with Gasteiger partial charge in [-0.25, -0.2) is 0 Å². The van der Waals surface area contributed by atoms with Gasteiger partial charge in [0, 0.05) is 11.8 Å². The van der Waals surface area contributed by atoms with E-state index in [9.17, 15) is 79.0 Å². The second-order valence-corrected chi connectivity index (χ2v) is 14.9. The van der Waals surface area contributed by atoms with Crippen LogP contribution in [0.1, 0.15) is 51.4 Å². The van der Waals surface area contributed by atoms with Gasteiger partial charge in [0.05, 0.1) is 24.0 Å². The van der Waals surface area contributed by atoms with Crippen molar-refractivity contribution < 1.29 is 98.0 Å². The molecule has 3 fully saturated rings. The van der Waals surface area contributed by atoms with Gasteiger partial charge in [0.25, 0.3) is 11.2 Å². The van der Waals surface area contributed by atoms with Crippen molar-refractivity contribution in [2.45, 2.75) is 99.6 Å². The molecule has 0 radical (unpaired) electrons. The van der Waals surface area contributed by atoms with Crippen molar-refractivity contribution in [2.24, 2.45) is 46.3 Å². The van der Waals surface area contributed by atoms with Gasteiger partial charge in [0.1, 0.15) is 13.6 Å². The molecule has 0 N–H and O–H groups in total. The first-order valence-corrected chi connectivity index (χ1v) is 16.7. The molecule has 4 nitrogen and oxygen atoms in total. The normalized spacial score (nSPS) is 33.7. The average Bonchev–Trinajstić information content (AvgIpc) is 3.80. The summed E-state index contributed by atoms with van der Waals surface area (Å²) in [4.78, 5) is 0. The van der Waals surface area contributed by atoms with Crippen molar-refractivity contribution in [2.75, 3.05) is 26.8 Å². The molecule has 8 unspecified atom stereocenters. The highest BCUT2D eigenvalue weighted by Gasteiger charge is 2.83. The molecule has 8 atom stereocenters. The highest BCUT2D eigenvalue weighted by Crippen LogP contribution is 2.64. The smallest absolute Gasteiger partial charge is 0.354 e. The second kappa shape index (κ2) is 13.9. The zero-order chi connectivity index (χ0) is 40.6. The first kappa shape index (κ1) is 43.2. The number of alkyl halides is 18. The van der Waals surface area contributed by atoms with E-state index in [0.717, 1.165) is 12.2 Å². The second-order valence-electron chi connectivity index (χ2n) is 14.9. The SMILES string of the molecule is FC(F)(F)C1(COCOC(C2CCCCC2C(OCOCC2(C(F)(F)F)CC3C=CC2C3)(C(F)(F)F)C(F)(F)F)(C(F)(F)F)C(F)(F)F)CC2C=CC1C2. The van der Waals surface area contributed by atoms with E-state index in [4.69, 9.17) is 0 Å². The quantitative estimate of drug-likeness (QED) is 0.0850. The fourth-order valence-corrected chi connectivity index (χ4v) is 9.58. The summed E-state index contributed by atoms with van der Waals surface area (Å²) < 4.78 is 280. The Morgan fingerprint density at radius 3 is 1.00 bits per heavy atom. The molecule has 0 amide bonds. The van der Waals surface area contributed by atoms with Crippen LogP contribution in [-0.4, -0.2) is 75.1 Å². The van der Waals surface area contributed by atoms with E-state index in [-0.39, 0.29) is 12.8 Å². The third-order valence-electron chi connectivity index (χ3n) is 12.1. The molecule has 0 aromatic rings. The summed E-state index contributed by atoms with van der Waals surface area (Å²) in [5, 5.41) is 0. The number of ether oxygens (including phenoxy) is 4. The molecule has 5 aliphatic rings. The summed E-state index contributed by atoms with van der Waals surface area (Å²) in [6, 6.07) is 0. The van der Waals surface area contributed by atoms with Crippen molar-refractivity contribution in [1.29, 1.82) is 0 Å². The number of rotatable bonds is 12. The summed E-state index contributed by atoms with van der Waals surface area (Å²) in [5.41, 5.74) is -17.4. The summed E-state index contributed by atoms with van der Waals surface area (Å²) in [7, 11) is 0. The first-order valence-electron chi connectivity index (χ1n) is 16.7. The van der Waals surface area contributed by atoms with E-state index in [2.05, 4.69) is 18.9 Å². The van der Waals surface area contributed by atoms with Gasteiger partial charge in [-0.15, -0.1) is 0 Å². The molecule has 0 spiro atoms. The third-order valence-corrected chi connectivity index (χ3v) is 12.1. The van der Waals surface area contributed by atoms with E-state index in [1.165, 1.54) is 12.2 Å². The van der Waals surface area contributed by atoms with E-state index in [1.807, 2.05) is 0 Å². The minimum Gasteiger partial charge on any atom is -0.354 e. The van der Waals surface area contributed by atoms with Gasteiger partial charge in [-0.2, -0.15) is 79.0 Å². The van der Waals surface area contributed by atoms with Crippen LogP contribution in [0.2, 0.25) is 0 Å². The van der Waals surface area contributed by atoms with Crippen molar-refractivity contribution in [3.63, 3.8) is 0 Å². The fraction of sp³-hybridized carbons (Fsp3) is 0.875. The molecular formula is C32H34F18O4. The Hall–Kier alpha value is -1.94. The molecule has 0 aromatic heterocycles. The molecule has 54 heavy (non-hydrogen) atoms. The topological polar surface area (TPSA) is 36.9 Å². The van der Waals surface area contributed by atoms with Gasteiger partial charge < -0.3 is 18.9 Å². The maximum Gasteiger partial charge on any atom is 0.426 e. The molecule has 5 rings (SSSR count). The summed E-state index contributed by atoms with van der Waals surface area (Å²) in [5.74, 6) is -11.5. The van der Waals surface area contributed by atoms with E-state index >= 15 is 0 Å². The molecule has 0 aromatic carbocycles. The lowest BCUT2D eigenvalue weighted by atomic mass is 9.62. The molecule has 22 heteroatoms. The Balaban J connectivity index is 1.47. The Morgan fingerprint density at radius 1 is 0.463 bits per heavy atom. The van der Waals surface area contributed by atoms with Gasteiger partial charge in [-0.05, 0) is 62.2 Å². The largest absolute Gasteiger partial charge is 0.426 e. The Bertz CT molecular complexity index is 1260. The third kappa shape index (κ3) is 6.81. The molecular weight excluding hydrogens is 790 g/mol. The molecule has 312 valence electrons. The Kier molecular flexibility index (Phi) is 11.1. The minimum absolute atomic E-state index is 0.0709. The Labute approximate surface area is 295 Å².